The van der Waals surface area contributed by atoms with Crippen molar-refractivity contribution in [1.29, 1.82) is 0 Å². The van der Waals surface area contributed by atoms with Crippen LogP contribution in [0.1, 0.15) is 341 Å². The van der Waals surface area contributed by atoms with Gasteiger partial charge in [0.05, 0.1) is 25.4 Å². The summed E-state index contributed by atoms with van der Waals surface area (Å²) in [5, 5.41) is 23.2. The average molecular weight is 973 g/mol. The van der Waals surface area contributed by atoms with E-state index in [1.807, 2.05) is 6.08 Å². The Bertz CT molecular complexity index is 1080. The summed E-state index contributed by atoms with van der Waals surface area (Å²) >= 11 is 0. The maximum Gasteiger partial charge on any atom is 0.305 e. The van der Waals surface area contributed by atoms with E-state index in [0.717, 1.165) is 70.6 Å². The minimum Gasteiger partial charge on any atom is -0.466 e. The van der Waals surface area contributed by atoms with Crippen LogP contribution >= 0.6 is 0 Å². The third-order valence-corrected chi connectivity index (χ3v) is 14.5. The van der Waals surface area contributed by atoms with Crippen LogP contribution < -0.4 is 5.32 Å². The molecule has 69 heavy (non-hydrogen) atoms. The Hall–Kier alpha value is -1.66. The molecule has 0 aromatic carbocycles. The van der Waals surface area contributed by atoms with Gasteiger partial charge in [0.2, 0.25) is 5.91 Å². The number of allylic oxidation sites excluding steroid dienone is 3. The highest BCUT2D eigenvalue weighted by Crippen LogP contribution is 2.18. The van der Waals surface area contributed by atoms with Gasteiger partial charge in [0.1, 0.15) is 0 Å². The summed E-state index contributed by atoms with van der Waals surface area (Å²) in [6, 6.07) is -0.649. The van der Waals surface area contributed by atoms with E-state index in [1.165, 1.54) is 244 Å². The molecule has 0 aliphatic rings. The normalized spacial score (nSPS) is 12.7. The molecule has 3 N–H and O–H groups in total. The van der Waals surface area contributed by atoms with Gasteiger partial charge in [-0.05, 0) is 57.8 Å². The average Bonchev–Trinajstić information content (AvgIpc) is 3.35. The zero-order valence-corrected chi connectivity index (χ0v) is 46.6. The molecule has 6 nitrogen and oxygen atoms in total. The molecule has 2 unspecified atom stereocenters. The van der Waals surface area contributed by atoms with Gasteiger partial charge >= 0.3 is 5.97 Å². The van der Waals surface area contributed by atoms with E-state index in [4.69, 9.17) is 4.74 Å². The van der Waals surface area contributed by atoms with Gasteiger partial charge in [-0.25, -0.2) is 0 Å². The number of aliphatic hydroxyl groups is 2. The van der Waals surface area contributed by atoms with Gasteiger partial charge in [0.15, 0.2) is 0 Å². The highest BCUT2D eigenvalue weighted by atomic mass is 16.5. The zero-order chi connectivity index (χ0) is 50.0. The summed E-state index contributed by atoms with van der Waals surface area (Å²) in [5.41, 5.74) is 0. The SMILES string of the molecule is CCCCCCCCCCCCCCCCCCCCCCCCC/C=C/C(O)C(CO)NC(=O)CCCCC/C=C\CCCCCCCCOC(=O)CCCCCCCCCCCCCCCC. The number of carbonyl (C=O) groups excluding carboxylic acids is 2. The standard InChI is InChI=1S/C63H121NO5/c1-3-5-7-9-11-13-15-17-19-20-21-22-23-24-25-26-27-28-29-31-35-39-43-47-51-55-61(66)60(59-65)64-62(67)56-52-48-44-40-36-32-30-34-38-42-46-50-54-58-69-63(68)57-53-49-45-41-37-33-18-16-14-12-10-8-6-4-2/h32,36,51,55,60-61,65-66H,3-31,33-35,37-50,52-54,56-59H2,1-2H3,(H,64,67)/b36-32-,55-51+. The first-order valence-electron chi connectivity index (χ1n) is 31.1. The molecule has 0 spiro atoms. The molecule has 0 aliphatic heterocycles. The van der Waals surface area contributed by atoms with Crippen molar-refractivity contribution in [3.63, 3.8) is 0 Å². The van der Waals surface area contributed by atoms with Crippen LogP contribution in [0.4, 0.5) is 0 Å². The van der Waals surface area contributed by atoms with Crippen LogP contribution in [0.25, 0.3) is 0 Å². The third-order valence-electron chi connectivity index (χ3n) is 14.5. The largest absolute Gasteiger partial charge is 0.466 e. The lowest BCUT2D eigenvalue weighted by molar-refractivity contribution is -0.143. The topological polar surface area (TPSA) is 95.9 Å². The second-order valence-electron chi connectivity index (χ2n) is 21.4. The van der Waals surface area contributed by atoms with Crippen molar-refractivity contribution in [2.75, 3.05) is 13.2 Å². The Morgan fingerprint density at radius 2 is 0.681 bits per heavy atom. The fourth-order valence-electron chi connectivity index (χ4n) is 9.69. The van der Waals surface area contributed by atoms with Crippen molar-refractivity contribution in [2.24, 2.45) is 0 Å². The summed E-state index contributed by atoms with van der Waals surface area (Å²) in [5.74, 6) is -0.105. The molecule has 1 amide bonds. The molecule has 0 aromatic heterocycles. The molecular formula is C63H121NO5. The number of unbranched alkanes of at least 4 members (excludes halogenated alkanes) is 45. The van der Waals surface area contributed by atoms with Gasteiger partial charge in [0.25, 0.3) is 0 Å². The molecule has 2 atom stereocenters. The van der Waals surface area contributed by atoms with E-state index >= 15 is 0 Å². The molecule has 0 bridgehead atoms. The van der Waals surface area contributed by atoms with Gasteiger partial charge in [-0.1, -0.05) is 295 Å². The molecule has 408 valence electrons. The van der Waals surface area contributed by atoms with Gasteiger partial charge < -0.3 is 20.3 Å². The number of ether oxygens (including phenoxy) is 1. The minimum absolute atomic E-state index is 0.0110. The number of carbonyl (C=O) groups is 2. The molecule has 0 aromatic rings. The molecule has 0 saturated carbocycles. The van der Waals surface area contributed by atoms with Crippen LogP contribution in [0.3, 0.4) is 0 Å². The Kier molecular flexibility index (Phi) is 57.5. The monoisotopic (exact) mass is 972 g/mol. The third kappa shape index (κ3) is 55.5. The van der Waals surface area contributed by atoms with E-state index in [-0.39, 0.29) is 18.5 Å². The highest BCUT2D eigenvalue weighted by molar-refractivity contribution is 5.76. The lowest BCUT2D eigenvalue weighted by atomic mass is 10.0. The summed E-state index contributed by atoms with van der Waals surface area (Å²) < 4.78 is 5.47. The van der Waals surface area contributed by atoms with Crippen LogP contribution in [0, 0.1) is 0 Å². The number of hydrogen-bond acceptors (Lipinski definition) is 5. The Labute approximate surface area is 431 Å². The number of aliphatic hydroxyl groups excluding tert-OH is 2. The molecule has 0 radical (unpaired) electrons. The predicted octanol–water partition coefficient (Wildman–Crippen LogP) is 19.4. The van der Waals surface area contributed by atoms with E-state index in [2.05, 4.69) is 31.3 Å². The number of hydrogen-bond donors (Lipinski definition) is 3. The van der Waals surface area contributed by atoms with Crippen molar-refractivity contribution in [3.05, 3.63) is 24.3 Å². The Balaban J connectivity index is 3.50. The van der Waals surface area contributed by atoms with Gasteiger partial charge in [-0.3, -0.25) is 9.59 Å². The zero-order valence-electron chi connectivity index (χ0n) is 46.6. The predicted molar refractivity (Wildman–Crippen MR) is 301 cm³/mol. The van der Waals surface area contributed by atoms with E-state index < -0.39 is 12.1 Å². The second-order valence-corrected chi connectivity index (χ2v) is 21.4. The summed E-state index contributed by atoms with van der Waals surface area (Å²) in [6.45, 7) is 4.89. The van der Waals surface area contributed by atoms with E-state index in [0.29, 0.717) is 19.4 Å². The lowest BCUT2D eigenvalue weighted by Gasteiger charge is -2.19. The van der Waals surface area contributed by atoms with Crippen molar-refractivity contribution < 1.29 is 24.5 Å². The molecule has 0 saturated heterocycles. The van der Waals surface area contributed by atoms with E-state index in [9.17, 15) is 19.8 Å². The quantitative estimate of drug-likeness (QED) is 0.0321. The highest BCUT2D eigenvalue weighted by Gasteiger charge is 2.18. The number of rotatable bonds is 58. The first kappa shape index (κ1) is 67.3. The molecule has 0 heterocycles. The first-order valence-corrected chi connectivity index (χ1v) is 31.1. The molecular weight excluding hydrogens is 851 g/mol. The summed E-state index contributed by atoms with van der Waals surface area (Å²) in [7, 11) is 0. The Morgan fingerprint density at radius 1 is 0.391 bits per heavy atom. The summed E-state index contributed by atoms with van der Waals surface area (Å²) in [4.78, 5) is 24.5. The van der Waals surface area contributed by atoms with Crippen LogP contribution in [-0.2, 0) is 14.3 Å². The van der Waals surface area contributed by atoms with Crippen molar-refractivity contribution in [3.8, 4) is 0 Å². The van der Waals surface area contributed by atoms with Gasteiger partial charge in [-0.15, -0.1) is 0 Å². The number of esters is 1. The smallest absolute Gasteiger partial charge is 0.305 e. The van der Waals surface area contributed by atoms with Crippen LogP contribution in [0.2, 0.25) is 0 Å². The maximum atomic E-state index is 12.5. The molecule has 6 heteroatoms. The fraction of sp³-hybridized carbons (Fsp3) is 0.905. The second kappa shape index (κ2) is 58.9. The van der Waals surface area contributed by atoms with Crippen molar-refractivity contribution >= 4 is 11.9 Å². The number of nitrogens with one attached hydrogen (secondary N) is 1. The van der Waals surface area contributed by atoms with Crippen LogP contribution in [0.15, 0.2) is 24.3 Å². The Morgan fingerprint density at radius 3 is 1.04 bits per heavy atom. The first-order chi connectivity index (χ1) is 34.0. The van der Waals surface area contributed by atoms with Gasteiger partial charge in [-0.2, -0.15) is 0 Å². The van der Waals surface area contributed by atoms with Crippen molar-refractivity contribution in [1.82, 2.24) is 5.32 Å². The summed E-state index contributed by atoms with van der Waals surface area (Å²) in [6.07, 6.45) is 72.2. The van der Waals surface area contributed by atoms with Crippen molar-refractivity contribution in [2.45, 2.75) is 353 Å². The van der Waals surface area contributed by atoms with Crippen LogP contribution in [0.5, 0.6) is 0 Å². The maximum absolute atomic E-state index is 12.5. The minimum atomic E-state index is -0.863. The van der Waals surface area contributed by atoms with E-state index in [1.54, 1.807) is 6.08 Å². The lowest BCUT2D eigenvalue weighted by Crippen LogP contribution is -2.45. The molecule has 0 rings (SSSR count). The molecule has 0 aliphatic carbocycles. The fourth-order valence-corrected chi connectivity index (χ4v) is 9.69. The van der Waals surface area contributed by atoms with Crippen LogP contribution in [-0.4, -0.2) is 47.4 Å². The molecule has 0 fully saturated rings. The van der Waals surface area contributed by atoms with Gasteiger partial charge in [0, 0.05) is 12.8 Å². The number of amides is 1.